The number of hydrogen-bond acceptors (Lipinski definition) is 4. The monoisotopic (exact) mass is 498 g/mol. The van der Waals surface area contributed by atoms with Gasteiger partial charge in [-0.2, -0.15) is 13.2 Å². The van der Waals surface area contributed by atoms with Crippen LogP contribution in [0.5, 0.6) is 11.5 Å². The minimum atomic E-state index is -4.43. The van der Waals surface area contributed by atoms with E-state index >= 15 is 0 Å². The fourth-order valence-corrected chi connectivity index (χ4v) is 4.40. The fourth-order valence-electron chi connectivity index (χ4n) is 3.06. The molecular weight excluding hydrogens is 477 g/mol. The summed E-state index contributed by atoms with van der Waals surface area (Å²) < 4.78 is 72.2. The second kappa shape index (κ2) is 10.1. The largest absolute Gasteiger partial charge is 0.457 e. The molecule has 176 valence electrons. The van der Waals surface area contributed by atoms with Gasteiger partial charge in [-0.3, -0.25) is 0 Å². The second-order valence-electron chi connectivity index (χ2n) is 7.58. The van der Waals surface area contributed by atoms with Gasteiger partial charge >= 0.3 is 6.18 Å². The van der Waals surface area contributed by atoms with Crippen LogP contribution in [-0.2, 0) is 16.2 Å². The van der Waals surface area contributed by atoms with Gasteiger partial charge in [-0.25, -0.2) is 13.1 Å². The molecule has 0 aliphatic heterocycles. The van der Waals surface area contributed by atoms with Crippen LogP contribution in [0.2, 0.25) is 5.02 Å². The smallest absolute Gasteiger partial charge is 0.416 e. The Hall–Kier alpha value is -2.59. The van der Waals surface area contributed by atoms with Crippen molar-refractivity contribution in [2.45, 2.75) is 17.1 Å². The molecule has 10 heteroatoms. The maximum atomic E-state index is 13.0. The number of hydrogen-bond donors (Lipinski definition) is 1. The van der Waals surface area contributed by atoms with Crippen LogP contribution < -0.4 is 9.46 Å². The van der Waals surface area contributed by atoms with Crippen molar-refractivity contribution in [2.75, 3.05) is 20.6 Å². The van der Waals surface area contributed by atoms with Gasteiger partial charge in [0.1, 0.15) is 11.5 Å². The predicted octanol–water partition coefficient (Wildman–Crippen LogP) is 5.73. The Morgan fingerprint density at radius 3 is 1.91 bits per heavy atom. The molecule has 0 saturated carbocycles. The maximum Gasteiger partial charge on any atom is 0.416 e. The van der Waals surface area contributed by atoms with E-state index in [1.165, 1.54) is 36.4 Å². The van der Waals surface area contributed by atoms with Gasteiger partial charge in [0.2, 0.25) is 10.0 Å². The summed E-state index contributed by atoms with van der Waals surface area (Å²) in [6, 6.07) is 16.3. The lowest BCUT2D eigenvalue weighted by Gasteiger charge is -2.23. The van der Waals surface area contributed by atoms with Gasteiger partial charge < -0.3 is 9.64 Å². The zero-order chi connectivity index (χ0) is 24.2. The van der Waals surface area contributed by atoms with Gasteiger partial charge in [0.15, 0.2) is 0 Å². The molecule has 0 saturated heterocycles. The summed E-state index contributed by atoms with van der Waals surface area (Å²) in [5.74, 6) is 0.488. The first-order chi connectivity index (χ1) is 15.4. The summed E-state index contributed by atoms with van der Waals surface area (Å²) >= 11 is 5.94. The topological polar surface area (TPSA) is 58.6 Å². The fraction of sp³-hybridized carbons (Fsp3) is 0.217. The molecule has 0 spiro atoms. The standard InChI is InChI=1S/C23H22ClF3N2O3S/c1-29(2)15-22(16-3-7-18(24)8-4-16)28-33(30,31)21-13-11-20(12-14-21)32-19-9-5-17(6-10-19)23(25,26)27/h3-14,22,28H,15H2,1-2H3/t22-/m0/s1. The summed E-state index contributed by atoms with van der Waals surface area (Å²) in [5.41, 5.74) is -0.0192. The van der Waals surface area contributed by atoms with Crippen molar-refractivity contribution >= 4 is 21.6 Å². The minimum absolute atomic E-state index is 0.0278. The van der Waals surface area contributed by atoms with Gasteiger partial charge in [0.05, 0.1) is 16.5 Å². The molecule has 1 N–H and O–H groups in total. The van der Waals surface area contributed by atoms with Crippen LogP contribution in [-0.4, -0.2) is 34.0 Å². The first kappa shape index (κ1) is 25.0. The Balaban J connectivity index is 1.74. The summed E-state index contributed by atoms with van der Waals surface area (Å²) in [4.78, 5) is 1.89. The Kier molecular flexibility index (Phi) is 7.69. The first-order valence-corrected chi connectivity index (χ1v) is 11.7. The maximum absolute atomic E-state index is 13.0. The molecule has 0 radical (unpaired) electrons. The van der Waals surface area contributed by atoms with E-state index in [0.29, 0.717) is 11.6 Å². The highest BCUT2D eigenvalue weighted by Crippen LogP contribution is 2.31. The SMILES string of the molecule is CN(C)C[C@H](NS(=O)(=O)c1ccc(Oc2ccc(C(F)(F)F)cc2)cc1)c1ccc(Cl)cc1. The van der Waals surface area contributed by atoms with Crippen LogP contribution in [0.3, 0.4) is 0 Å². The number of likely N-dealkylation sites (N-methyl/N-ethyl adjacent to an activating group) is 1. The van der Waals surface area contributed by atoms with Gasteiger partial charge in [-0.15, -0.1) is 0 Å². The van der Waals surface area contributed by atoms with Crippen LogP contribution in [0.1, 0.15) is 17.2 Å². The van der Waals surface area contributed by atoms with Crippen molar-refractivity contribution in [1.82, 2.24) is 9.62 Å². The van der Waals surface area contributed by atoms with E-state index in [4.69, 9.17) is 16.3 Å². The lowest BCUT2D eigenvalue weighted by atomic mass is 10.1. The molecule has 3 aromatic rings. The Bertz CT molecular complexity index is 1170. The number of rotatable bonds is 8. The minimum Gasteiger partial charge on any atom is -0.457 e. The van der Waals surface area contributed by atoms with Crippen LogP contribution in [0.25, 0.3) is 0 Å². The molecule has 0 unspecified atom stereocenters. The van der Waals surface area contributed by atoms with Crippen molar-refractivity contribution in [3.8, 4) is 11.5 Å². The van der Waals surface area contributed by atoms with E-state index in [0.717, 1.165) is 17.7 Å². The predicted molar refractivity (Wildman–Crippen MR) is 121 cm³/mol. The molecule has 0 bridgehead atoms. The molecule has 0 aliphatic rings. The number of ether oxygens (including phenoxy) is 1. The lowest BCUT2D eigenvalue weighted by molar-refractivity contribution is -0.137. The third-order valence-corrected chi connectivity index (χ3v) is 6.41. The van der Waals surface area contributed by atoms with Gasteiger partial charge in [0, 0.05) is 11.6 Å². The summed E-state index contributed by atoms with van der Waals surface area (Å²) in [6.07, 6.45) is -4.43. The molecule has 0 amide bonds. The highest BCUT2D eigenvalue weighted by atomic mass is 35.5. The van der Waals surface area contributed by atoms with E-state index in [-0.39, 0.29) is 16.4 Å². The zero-order valence-electron chi connectivity index (χ0n) is 17.8. The third-order valence-electron chi connectivity index (χ3n) is 4.67. The molecular formula is C23H22ClF3N2O3S. The van der Waals surface area contributed by atoms with Gasteiger partial charge in [-0.05, 0) is 80.3 Å². The molecule has 33 heavy (non-hydrogen) atoms. The first-order valence-electron chi connectivity index (χ1n) is 9.82. The van der Waals surface area contributed by atoms with Crippen molar-refractivity contribution in [3.63, 3.8) is 0 Å². The molecule has 0 aromatic heterocycles. The number of nitrogens with one attached hydrogen (secondary N) is 1. The Morgan fingerprint density at radius 1 is 0.909 bits per heavy atom. The number of alkyl halides is 3. The van der Waals surface area contributed by atoms with Crippen LogP contribution in [0.15, 0.2) is 77.7 Å². The summed E-state index contributed by atoms with van der Waals surface area (Å²) in [5, 5.41) is 0.550. The van der Waals surface area contributed by atoms with E-state index < -0.39 is 27.8 Å². The number of sulfonamides is 1. The lowest BCUT2D eigenvalue weighted by Crippen LogP contribution is -2.35. The zero-order valence-corrected chi connectivity index (χ0v) is 19.4. The van der Waals surface area contributed by atoms with Crippen LogP contribution in [0, 0.1) is 0 Å². The van der Waals surface area contributed by atoms with Crippen molar-refractivity contribution in [1.29, 1.82) is 0 Å². The molecule has 5 nitrogen and oxygen atoms in total. The highest BCUT2D eigenvalue weighted by molar-refractivity contribution is 7.89. The Labute approximate surface area is 195 Å². The van der Waals surface area contributed by atoms with E-state index in [1.54, 1.807) is 24.3 Å². The van der Waals surface area contributed by atoms with Gasteiger partial charge in [-0.1, -0.05) is 23.7 Å². The highest BCUT2D eigenvalue weighted by Gasteiger charge is 2.30. The molecule has 0 fully saturated rings. The van der Waals surface area contributed by atoms with E-state index in [1.807, 2.05) is 19.0 Å². The molecule has 0 aliphatic carbocycles. The molecule has 3 aromatic carbocycles. The Morgan fingerprint density at radius 2 is 1.42 bits per heavy atom. The van der Waals surface area contributed by atoms with Gasteiger partial charge in [0.25, 0.3) is 0 Å². The van der Waals surface area contributed by atoms with Crippen molar-refractivity contribution < 1.29 is 26.3 Å². The van der Waals surface area contributed by atoms with E-state index in [9.17, 15) is 21.6 Å². The van der Waals surface area contributed by atoms with Crippen LogP contribution >= 0.6 is 11.6 Å². The summed E-state index contributed by atoms with van der Waals surface area (Å²) in [7, 11) is -0.189. The molecule has 3 rings (SSSR count). The quantitative estimate of drug-likeness (QED) is 0.431. The number of nitrogens with zero attached hydrogens (tertiary/aromatic N) is 1. The average Bonchev–Trinajstić information content (AvgIpc) is 2.73. The third kappa shape index (κ3) is 6.94. The molecule has 1 atom stereocenters. The van der Waals surface area contributed by atoms with Crippen LogP contribution in [0.4, 0.5) is 13.2 Å². The average molecular weight is 499 g/mol. The van der Waals surface area contributed by atoms with Crippen molar-refractivity contribution in [3.05, 3.63) is 88.9 Å². The molecule has 0 heterocycles. The normalized spacial score (nSPS) is 13.2. The second-order valence-corrected chi connectivity index (χ2v) is 9.73. The van der Waals surface area contributed by atoms with E-state index in [2.05, 4.69) is 4.72 Å². The number of halogens is 4. The van der Waals surface area contributed by atoms with Crippen molar-refractivity contribution in [2.24, 2.45) is 0 Å². The summed E-state index contributed by atoms with van der Waals surface area (Å²) in [6.45, 7) is 0.427. The number of benzene rings is 3.